The van der Waals surface area contributed by atoms with Gasteiger partial charge in [0.2, 0.25) is 5.91 Å². The van der Waals surface area contributed by atoms with Crippen molar-refractivity contribution in [3.63, 3.8) is 0 Å². The number of amides is 2. The molecule has 1 atom stereocenters. The number of aromatic nitrogens is 1. The fourth-order valence-electron chi connectivity index (χ4n) is 3.15. The highest BCUT2D eigenvalue weighted by atomic mass is 35.5. The van der Waals surface area contributed by atoms with Gasteiger partial charge in [-0.3, -0.25) is 14.5 Å². The summed E-state index contributed by atoms with van der Waals surface area (Å²) in [6.07, 6.45) is 1.33. The molecule has 2 amide bonds. The monoisotopic (exact) mass is 439 g/mol. The molecule has 0 aliphatic heterocycles. The van der Waals surface area contributed by atoms with Gasteiger partial charge < -0.3 is 5.32 Å². The highest BCUT2D eigenvalue weighted by molar-refractivity contribution is 6.29. The number of halogens is 2. The fourth-order valence-corrected chi connectivity index (χ4v) is 3.26. The van der Waals surface area contributed by atoms with Crippen molar-refractivity contribution in [2.75, 3.05) is 4.90 Å². The van der Waals surface area contributed by atoms with E-state index in [9.17, 15) is 14.0 Å². The third kappa shape index (κ3) is 5.47. The second kappa shape index (κ2) is 9.27. The van der Waals surface area contributed by atoms with Gasteiger partial charge in [0.25, 0.3) is 5.91 Å². The average Bonchev–Trinajstić information content (AvgIpc) is 2.72. The Kier molecular flexibility index (Phi) is 6.71. The van der Waals surface area contributed by atoms with Crippen molar-refractivity contribution >= 4 is 29.1 Å². The Labute approximate surface area is 185 Å². The molecule has 1 heterocycles. The van der Waals surface area contributed by atoms with Crippen LogP contribution >= 0.6 is 11.6 Å². The Balaban J connectivity index is 2.19. The number of hydrogen-bond acceptors (Lipinski definition) is 3. The van der Waals surface area contributed by atoms with Crippen molar-refractivity contribution in [2.24, 2.45) is 0 Å². The van der Waals surface area contributed by atoms with Gasteiger partial charge in [0.15, 0.2) is 0 Å². The van der Waals surface area contributed by atoms with Crippen molar-refractivity contribution in [1.29, 1.82) is 0 Å². The first-order chi connectivity index (χ1) is 14.7. The third-order valence-corrected chi connectivity index (χ3v) is 4.66. The molecule has 0 unspecified atom stereocenters. The van der Waals surface area contributed by atoms with Gasteiger partial charge in [0.1, 0.15) is 17.0 Å². The molecule has 31 heavy (non-hydrogen) atoms. The van der Waals surface area contributed by atoms with Crippen LogP contribution in [-0.2, 0) is 4.79 Å². The van der Waals surface area contributed by atoms with E-state index in [1.165, 1.54) is 41.4 Å². The number of pyridine rings is 1. The maximum absolute atomic E-state index is 14.9. The first-order valence-corrected chi connectivity index (χ1v) is 10.1. The lowest BCUT2D eigenvalue weighted by molar-refractivity contribution is -0.124. The van der Waals surface area contributed by atoms with Gasteiger partial charge in [-0.25, -0.2) is 9.37 Å². The lowest BCUT2D eigenvalue weighted by atomic mass is 9.99. The summed E-state index contributed by atoms with van der Waals surface area (Å²) in [4.78, 5) is 32.3. The van der Waals surface area contributed by atoms with Crippen LogP contribution in [0.5, 0.6) is 0 Å². The molecular formula is C24H23ClFN3O2. The van der Waals surface area contributed by atoms with Crippen LogP contribution in [-0.4, -0.2) is 22.3 Å². The van der Waals surface area contributed by atoms with E-state index in [1.54, 1.807) is 36.4 Å². The average molecular weight is 440 g/mol. The van der Waals surface area contributed by atoms with Gasteiger partial charge >= 0.3 is 0 Å². The summed E-state index contributed by atoms with van der Waals surface area (Å²) in [6.45, 7) is 5.46. The molecule has 2 aromatic carbocycles. The second-order valence-corrected chi connectivity index (χ2v) is 8.43. The van der Waals surface area contributed by atoms with Gasteiger partial charge in [-0.05, 0) is 51.1 Å². The van der Waals surface area contributed by atoms with Gasteiger partial charge in [-0.2, -0.15) is 0 Å². The molecule has 3 aromatic rings. The summed E-state index contributed by atoms with van der Waals surface area (Å²) in [7, 11) is 0. The summed E-state index contributed by atoms with van der Waals surface area (Å²) < 4.78 is 14.9. The molecule has 0 aliphatic rings. The molecule has 0 radical (unpaired) electrons. The number of nitrogens with one attached hydrogen (secondary N) is 1. The summed E-state index contributed by atoms with van der Waals surface area (Å²) in [6, 6.07) is 16.4. The van der Waals surface area contributed by atoms with Crippen LogP contribution in [0.2, 0.25) is 5.15 Å². The largest absolute Gasteiger partial charge is 0.349 e. The van der Waals surface area contributed by atoms with E-state index in [4.69, 9.17) is 11.6 Å². The van der Waals surface area contributed by atoms with Gasteiger partial charge in [0.05, 0.1) is 5.56 Å². The van der Waals surface area contributed by atoms with Gasteiger partial charge in [0, 0.05) is 23.0 Å². The number of benzene rings is 2. The molecule has 0 fully saturated rings. The summed E-state index contributed by atoms with van der Waals surface area (Å²) >= 11 is 5.87. The van der Waals surface area contributed by atoms with Crippen LogP contribution in [0.15, 0.2) is 72.9 Å². The van der Waals surface area contributed by atoms with Crippen molar-refractivity contribution in [2.45, 2.75) is 32.4 Å². The Morgan fingerprint density at radius 1 is 1.00 bits per heavy atom. The van der Waals surface area contributed by atoms with E-state index in [1.807, 2.05) is 20.8 Å². The zero-order valence-corrected chi connectivity index (χ0v) is 18.2. The van der Waals surface area contributed by atoms with Crippen molar-refractivity contribution in [3.8, 4) is 0 Å². The van der Waals surface area contributed by atoms with Gasteiger partial charge in [-0.15, -0.1) is 0 Å². The minimum atomic E-state index is -1.24. The molecule has 0 bridgehead atoms. The lowest BCUT2D eigenvalue weighted by Crippen LogP contribution is -2.49. The third-order valence-electron chi connectivity index (χ3n) is 4.43. The predicted molar refractivity (Wildman–Crippen MR) is 120 cm³/mol. The normalized spacial score (nSPS) is 12.2. The van der Waals surface area contributed by atoms with Crippen LogP contribution < -0.4 is 10.2 Å². The van der Waals surface area contributed by atoms with E-state index in [0.717, 1.165) is 0 Å². The molecule has 3 rings (SSSR count). The highest BCUT2D eigenvalue weighted by Gasteiger charge is 2.36. The Morgan fingerprint density at radius 2 is 1.65 bits per heavy atom. The van der Waals surface area contributed by atoms with E-state index in [-0.39, 0.29) is 16.3 Å². The maximum Gasteiger partial charge on any atom is 0.260 e. The standard InChI is InChI=1S/C24H23ClFN3O2/c1-24(2,3)28-22(30)21(18-11-7-8-12-19(18)26)29(17-9-5-4-6-10-17)23(31)16-13-14-20(25)27-15-16/h4-15,21H,1-3H3,(H,28,30)/t21-/m1/s1. The van der Waals surface area contributed by atoms with Crippen molar-refractivity contribution in [1.82, 2.24) is 10.3 Å². The number of anilines is 1. The summed E-state index contributed by atoms with van der Waals surface area (Å²) in [5.41, 5.74) is 0.162. The smallest absolute Gasteiger partial charge is 0.260 e. The van der Waals surface area contributed by atoms with Crippen molar-refractivity contribution < 1.29 is 14.0 Å². The van der Waals surface area contributed by atoms with Crippen LogP contribution in [0.4, 0.5) is 10.1 Å². The minimum absolute atomic E-state index is 0.0865. The maximum atomic E-state index is 14.9. The highest BCUT2D eigenvalue weighted by Crippen LogP contribution is 2.31. The van der Waals surface area contributed by atoms with Gasteiger partial charge in [-0.1, -0.05) is 48.0 Å². The molecular weight excluding hydrogens is 417 g/mol. The molecule has 0 saturated carbocycles. The Hall–Kier alpha value is -3.25. The first-order valence-electron chi connectivity index (χ1n) is 9.74. The quantitative estimate of drug-likeness (QED) is 0.557. The van der Waals surface area contributed by atoms with E-state index < -0.39 is 29.2 Å². The Bertz CT molecular complexity index is 1070. The molecule has 0 aliphatic carbocycles. The Morgan fingerprint density at radius 3 is 2.23 bits per heavy atom. The lowest BCUT2D eigenvalue weighted by Gasteiger charge is -2.34. The van der Waals surface area contributed by atoms with Crippen molar-refractivity contribution in [3.05, 3.63) is 95.0 Å². The molecule has 0 saturated heterocycles. The first kappa shape index (κ1) is 22.4. The van der Waals surface area contributed by atoms with E-state index >= 15 is 0 Å². The number of nitrogens with zero attached hydrogens (tertiary/aromatic N) is 2. The summed E-state index contributed by atoms with van der Waals surface area (Å²) in [5.74, 6) is -1.59. The second-order valence-electron chi connectivity index (χ2n) is 8.04. The molecule has 0 spiro atoms. The van der Waals surface area contributed by atoms with Crippen LogP contribution in [0.25, 0.3) is 0 Å². The molecule has 160 valence electrons. The van der Waals surface area contributed by atoms with E-state index in [2.05, 4.69) is 10.3 Å². The molecule has 7 heteroatoms. The number of carbonyl (C=O) groups excluding carboxylic acids is 2. The molecule has 5 nitrogen and oxygen atoms in total. The zero-order valence-electron chi connectivity index (χ0n) is 17.5. The number of para-hydroxylation sites is 1. The fraction of sp³-hybridized carbons (Fsp3) is 0.208. The number of carbonyl (C=O) groups is 2. The molecule has 1 N–H and O–H groups in total. The predicted octanol–water partition coefficient (Wildman–Crippen LogP) is 5.18. The van der Waals surface area contributed by atoms with Crippen LogP contribution in [0.1, 0.15) is 42.7 Å². The SMILES string of the molecule is CC(C)(C)NC(=O)[C@@H](c1ccccc1F)N(C(=O)c1ccc(Cl)nc1)c1ccccc1. The molecule has 1 aromatic heterocycles. The zero-order chi connectivity index (χ0) is 22.6. The topological polar surface area (TPSA) is 62.3 Å². The number of hydrogen-bond donors (Lipinski definition) is 1. The van der Waals surface area contributed by atoms with Crippen LogP contribution in [0.3, 0.4) is 0 Å². The van der Waals surface area contributed by atoms with E-state index in [0.29, 0.717) is 5.69 Å². The number of rotatable bonds is 5. The minimum Gasteiger partial charge on any atom is -0.349 e. The van der Waals surface area contributed by atoms with Crippen LogP contribution in [0, 0.1) is 5.82 Å². The summed E-state index contributed by atoms with van der Waals surface area (Å²) in [5, 5.41) is 3.11.